The lowest BCUT2D eigenvalue weighted by Gasteiger charge is -2.31. The van der Waals surface area contributed by atoms with E-state index >= 15 is 0 Å². The number of esters is 2. The third kappa shape index (κ3) is 2.65. The summed E-state index contributed by atoms with van der Waals surface area (Å²) in [6.07, 6.45) is 1.94. The van der Waals surface area contributed by atoms with Crippen LogP contribution in [0.4, 0.5) is 0 Å². The molecule has 4 rings (SSSR count). The number of benzene rings is 2. The molecule has 0 N–H and O–H groups in total. The van der Waals surface area contributed by atoms with E-state index < -0.39 is 23.3 Å². The van der Waals surface area contributed by atoms with Crippen molar-refractivity contribution in [3.63, 3.8) is 0 Å². The van der Waals surface area contributed by atoms with Crippen molar-refractivity contribution in [2.75, 3.05) is 6.61 Å². The molecule has 1 aliphatic heterocycles. The van der Waals surface area contributed by atoms with Gasteiger partial charge in [-0.25, -0.2) is 4.79 Å². The number of ketones is 1. The van der Waals surface area contributed by atoms with E-state index in [9.17, 15) is 14.4 Å². The van der Waals surface area contributed by atoms with Gasteiger partial charge in [-0.3, -0.25) is 9.59 Å². The summed E-state index contributed by atoms with van der Waals surface area (Å²) in [6.45, 7) is 7.62. The van der Waals surface area contributed by atoms with Gasteiger partial charge in [0.25, 0.3) is 0 Å². The van der Waals surface area contributed by atoms with Gasteiger partial charge in [0.15, 0.2) is 5.78 Å². The minimum atomic E-state index is -1.49. The normalized spacial score (nSPS) is 21.9. The first-order valence-electron chi connectivity index (χ1n) is 10.1. The second kappa shape index (κ2) is 7.24. The van der Waals surface area contributed by atoms with Gasteiger partial charge in [-0.05, 0) is 50.8 Å². The lowest BCUT2D eigenvalue weighted by molar-refractivity contribution is -0.144. The fourth-order valence-electron chi connectivity index (χ4n) is 4.83. The van der Waals surface area contributed by atoms with Gasteiger partial charge in [0.1, 0.15) is 11.2 Å². The lowest BCUT2D eigenvalue weighted by Crippen LogP contribution is -2.46. The quantitative estimate of drug-likeness (QED) is 0.435. The van der Waals surface area contributed by atoms with Crippen LogP contribution in [0.1, 0.15) is 46.0 Å². The molecule has 0 saturated heterocycles. The van der Waals surface area contributed by atoms with Crippen LogP contribution in [0.2, 0.25) is 0 Å². The van der Waals surface area contributed by atoms with Crippen molar-refractivity contribution in [3.05, 3.63) is 75.9 Å². The topological polar surface area (TPSA) is 69.7 Å². The van der Waals surface area contributed by atoms with E-state index in [1.165, 1.54) is 0 Å². The molecule has 2 atom stereocenters. The Balaban J connectivity index is 1.98. The molecule has 1 heterocycles. The standard InChI is InChI=1S/C25H24O5/c1-5-29-23(27)19-12-11-18(21(26)17-9-7-6-8-10-17)25(19)20-15(3)13-14(2)16(4)22(20)30-24(25)28/h6-10,12-13,18H,5,11H2,1-4H3/t18-,25-/m1/s1. The second-order valence-electron chi connectivity index (χ2n) is 7.89. The number of carbonyl (C=O) groups is 3. The van der Waals surface area contributed by atoms with Gasteiger partial charge in [0, 0.05) is 11.1 Å². The zero-order valence-corrected chi connectivity index (χ0v) is 17.6. The van der Waals surface area contributed by atoms with E-state index in [1.54, 1.807) is 37.3 Å². The van der Waals surface area contributed by atoms with Gasteiger partial charge in [-0.2, -0.15) is 0 Å². The Morgan fingerprint density at radius 3 is 2.50 bits per heavy atom. The number of allylic oxidation sites excluding steroid dienone is 1. The first kappa shape index (κ1) is 20.1. The van der Waals surface area contributed by atoms with Gasteiger partial charge in [-0.15, -0.1) is 0 Å². The van der Waals surface area contributed by atoms with Gasteiger partial charge in [0.05, 0.1) is 18.1 Å². The van der Waals surface area contributed by atoms with E-state index in [1.807, 2.05) is 32.9 Å². The number of carbonyl (C=O) groups excluding carboxylic acids is 3. The van der Waals surface area contributed by atoms with Crippen LogP contribution >= 0.6 is 0 Å². The Kier molecular flexibility index (Phi) is 4.85. The van der Waals surface area contributed by atoms with Gasteiger partial charge >= 0.3 is 11.9 Å². The highest BCUT2D eigenvalue weighted by Crippen LogP contribution is 2.57. The minimum absolute atomic E-state index is 0.178. The highest BCUT2D eigenvalue weighted by Gasteiger charge is 2.64. The summed E-state index contributed by atoms with van der Waals surface area (Å²) < 4.78 is 11.0. The maximum Gasteiger partial charge on any atom is 0.335 e. The number of Topliss-reactive ketones (excluding diaryl/α,β-unsaturated/α-hetero) is 1. The molecule has 0 unspecified atom stereocenters. The minimum Gasteiger partial charge on any atom is -0.463 e. The first-order chi connectivity index (χ1) is 14.3. The van der Waals surface area contributed by atoms with Crippen molar-refractivity contribution < 1.29 is 23.9 Å². The molecule has 0 amide bonds. The van der Waals surface area contributed by atoms with Crippen LogP contribution in [0, 0.1) is 26.7 Å². The van der Waals surface area contributed by atoms with Crippen LogP contribution in [-0.4, -0.2) is 24.3 Å². The van der Waals surface area contributed by atoms with Crippen LogP contribution in [0.3, 0.4) is 0 Å². The first-order valence-corrected chi connectivity index (χ1v) is 10.1. The third-order valence-corrected chi connectivity index (χ3v) is 6.27. The number of aryl methyl sites for hydroxylation is 2. The largest absolute Gasteiger partial charge is 0.463 e. The van der Waals surface area contributed by atoms with Crippen molar-refractivity contribution in [2.45, 2.75) is 39.5 Å². The number of ether oxygens (including phenoxy) is 2. The highest BCUT2D eigenvalue weighted by atomic mass is 16.5. The smallest absolute Gasteiger partial charge is 0.335 e. The monoisotopic (exact) mass is 404 g/mol. The average Bonchev–Trinajstić information content (AvgIpc) is 3.27. The summed E-state index contributed by atoms with van der Waals surface area (Å²) in [7, 11) is 0. The fourth-order valence-corrected chi connectivity index (χ4v) is 4.83. The molecule has 5 nitrogen and oxygen atoms in total. The Morgan fingerprint density at radius 2 is 1.83 bits per heavy atom. The fraction of sp³-hybridized carbons (Fsp3) is 0.320. The average molecular weight is 404 g/mol. The summed E-state index contributed by atoms with van der Waals surface area (Å²) in [5.74, 6) is -1.66. The molecular weight excluding hydrogens is 380 g/mol. The van der Waals surface area contributed by atoms with Crippen molar-refractivity contribution in [1.29, 1.82) is 0 Å². The molecule has 30 heavy (non-hydrogen) atoms. The second-order valence-corrected chi connectivity index (χ2v) is 7.89. The molecule has 5 heteroatoms. The maximum atomic E-state index is 13.6. The number of hydrogen-bond acceptors (Lipinski definition) is 5. The van der Waals surface area contributed by atoms with E-state index in [0.29, 0.717) is 16.9 Å². The van der Waals surface area contributed by atoms with Gasteiger partial charge in [0.2, 0.25) is 0 Å². The summed E-state index contributed by atoms with van der Waals surface area (Å²) in [5, 5.41) is 0. The van der Waals surface area contributed by atoms with Crippen LogP contribution < -0.4 is 4.74 Å². The molecule has 0 bridgehead atoms. The van der Waals surface area contributed by atoms with Crippen LogP contribution in [0.5, 0.6) is 5.75 Å². The predicted octanol–water partition coefficient (Wildman–Crippen LogP) is 4.16. The van der Waals surface area contributed by atoms with Crippen molar-refractivity contribution in [3.8, 4) is 5.75 Å². The van der Waals surface area contributed by atoms with Crippen molar-refractivity contribution in [2.24, 2.45) is 5.92 Å². The number of rotatable bonds is 4. The van der Waals surface area contributed by atoms with Gasteiger partial charge in [-0.1, -0.05) is 42.5 Å². The SMILES string of the molecule is CCOC(=O)C1=CC[C@H](C(=O)c2ccccc2)[C@@]12C(=O)Oc1c(C)c(C)cc(C)c12. The molecule has 0 aromatic heterocycles. The summed E-state index contributed by atoms with van der Waals surface area (Å²) in [4.78, 5) is 40.0. The highest BCUT2D eigenvalue weighted by molar-refractivity contribution is 6.13. The molecule has 2 aromatic carbocycles. The van der Waals surface area contributed by atoms with Crippen LogP contribution in [0.15, 0.2) is 48.0 Å². The molecule has 154 valence electrons. The Labute approximate surface area is 175 Å². The van der Waals surface area contributed by atoms with Gasteiger partial charge < -0.3 is 9.47 Å². The van der Waals surface area contributed by atoms with E-state index in [-0.39, 0.29) is 24.4 Å². The zero-order valence-electron chi connectivity index (χ0n) is 17.6. The van der Waals surface area contributed by atoms with Crippen molar-refractivity contribution in [1.82, 2.24) is 0 Å². The zero-order chi connectivity index (χ0) is 21.6. The predicted molar refractivity (Wildman–Crippen MR) is 112 cm³/mol. The number of fused-ring (bicyclic) bond motifs is 2. The number of hydrogen-bond donors (Lipinski definition) is 0. The third-order valence-electron chi connectivity index (χ3n) is 6.27. The van der Waals surface area contributed by atoms with Crippen LogP contribution in [0.25, 0.3) is 0 Å². The van der Waals surface area contributed by atoms with E-state index in [2.05, 4.69) is 0 Å². The molecule has 2 aliphatic rings. The molecule has 0 radical (unpaired) electrons. The van der Waals surface area contributed by atoms with Crippen molar-refractivity contribution >= 4 is 17.7 Å². The van der Waals surface area contributed by atoms with Crippen LogP contribution in [-0.2, 0) is 19.7 Å². The molecule has 0 saturated carbocycles. The molecular formula is C25H24O5. The molecule has 1 aliphatic carbocycles. The summed E-state index contributed by atoms with van der Waals surface area (Å²) in [6, 6.07) is 10.8. The lowest BCUT2D eigenvalue weighted by atomic mass is 9.65. The molecule has 1 spiro atoms. The van der Waals surface area contributed by atoms with E-state index in [4.69, 9.17) is 9.47 Å². The molecule has 2 aromatic rings. The van der Waals surface area contributed by atoms with E-state index in [0.717, 1.165) is 16.7 Å². The Bertz CT molecular complexity index is 1100. The molecule has 0 fully saturated rings. The summed E-state index contributed by atoms with van der Waals surface area (Å²) >= 11 is 0. The maximum absolute atomic E-state index is 13.6. The Morgan fingerprint density at radius 1 is 1.13 bits per heavy atom. The Hall–Kier alpha value is -3.21. The summed E-state index contributed by atoms with van der Waals surface area (Å²) in [5.41, 5.74) is 2.47.